The fraction of sp³-hybridized carbons (Fsp3) is 0.133. The van der Waals surface area contributed by atoms with E-state index in [1.165, 1.54) is 11.1 Å². The highest BCUT2D eigenvalue weighted by molar-refractivity contribution is 5.86. The molecule has 0 aliphatic carbocycles. The third kappa shape index (κ3) is 4.35. The molecule has 0 atom stereocenters. The number of nitrogens with two attached hydrogens (primary N) is 1. The van der Waals surface area contributed by atoms with Gasteiger partial charge < -0.3 is 10.2 Å². The van der Waals surface area contributed by atoms with E-state index in [1.54, 1.807) is 6.26 Å². The van der Waals surface area contributed by atoms with Crippen LogP contribution in [0, 0.1) is 0 Å². The molecule has 1 aromatic carbocycles. The quantitative estimate of drug-likeness (QED) is 0.774. The van der Waals surface area contributed by atoms with Crippen molar-refractivity contribution in [3.05, 3.63) is 65.7 Å². The molecule has 114 valence electrons. The maximum Gasteiger partial charge on any atom is 0.138 e. The average Bonchev–Trinajstić information content (AvgIpc) is 2.87. The first-order chi connectivity index (χ1) is 8.86. The first-order valence-electron chi connectivity index (χ1n) is 5.95. The summed E-state index contributed by atoms with van der Waals surface area (Å²) in [5.41, 5.74) is 10.2. The average molecular weight is 348 g/mol. The summed E-state index contributed by atoms with van der Waals surface area (Å²) in [7, 11) is 0. The molecular weight excluding hydrogens is 331 g/mol. The lowest BCUT2D eigenvalue weighted by molar-refractivity contribution is 0.611. The Balaban J connectivity index is 0.00000133. The van der Waals surface area contributed by atoms with Crippen LogP contribution in [0.1, 0.15) is 16.7 Å². The second kappa shape index (κ2) is 8.90. The Labute approximate surface area is 142 Å². The van der Waals surface area contributed by atoms with Crippen molar-refractivity contribution in [2.75, 3.05) is 0 Å². The van der Waals surface area contributed by atoms with Gasteiger partial charge >= 0.3 is 0 Å². The summed E-state index contributed by atoms with van der Waals surface area (Å²) in [5.74, 6) is 0. The van der Waals surface area contributed by atoms with Gasteiger partial charge in [-0.15, -0.1) is 37.2 Å². The van der Waals surface area contributed by atoms with Gasteiger partial charge in [-0.3, -0.25) is 4.98 Å². The van der Waals surface area contributed by atoms with Crippen LogP contribution in [0.5, 0.6) is 0 Å². The number of halogens is 3. The van der Waals surface area contributed by atoms with E-state index < -0.39 is 0 Å². The van der Waals surface area contributed by atoms with Crippen LogP contribution in [-0.2, 0) is 13.0 Å². The lowest BCUT2D eigenvalue weighted by atomic mass is 10.0. The van der Waals surface area contributed by atoms with Crippen LogP contribution in [0.15, 0.2) is 53.4 Å². The maximum absolute atomic E-state index is 5.77. The number of pyridine rings is 1. The van der Waals surface area contributed by atoms with Crippen molar-refractivity contribution in [3.63, 3.8) is 0 Å². The first-order valence-corrected chi connectivity index (χ1v) is 5.95. The van der Waals surface area contributed by atoms with E-state index in [-0.39, 0.29) is 37.2 Å². The zero-order valence-electron chi connectivity index (χ0n) is 11.2. The van der Waals surface area contributed by atoms with Crippen LogP contribution in [0.3, 0.4) is 0 Å². The number of nitrogens with zero attached hydrogens (tertiary/aromatic N) is 1. The van der Waals surface area contributed by atoms with E-state index in [0.717, 1.165) is 23.0 Å². The zero-order valence-corrected chi connectivity index (χ0v) is 13.6. The molecule has 21 heavy (non-hydrogen) atoms. The fourth-order valence-corrected chi connectivity index (χ4v) is 2.21. The smallest absolute Gasteiger partial charge is 0.138 e. The van der Waals surface area contributed by atoms with Gasteiger partial charge in [0.15, 0.2) is 0 Å². The molecule has 0 radical (unpaired) electrons. The van der Waals surface area contributed by atoms with Gasteiger partial charge in [-0.05, 0) is 41.8 Å². The highest BCUT2D eigenvalue weighted by Crippen LogP contribution is 2.23. The van der Waals surface area contributed by atoms with Gasteiger partial charge in [-0.2, -0.15) is 0 Å². The molecule has 2 aromatic heterocycles. The third-order valence-electron chi connectivity index (χ3n) is 3.07. The molecule has 6 heteroatoms. The normalized spacial score (nSPS) is 9.38. The van der Waals surface area contributed by atoms with Gasteiger partial charge in [0.25, 0.3) is 0 Å². The van der Waals surface area contributed by atoms with Crippen LogP contribution >= 0.6 is 37.2 Å². The molecule has 0 saturated heterocycles. The van der Waals surface area contributed by atoms with Gasteiger partial charge in [0.2, 0.25) is 0 Å². The van der Waals surface area contributed by atoms with Crippen LogP contribution < -0.4 is 5.73 Å². The summed E-state index contributed by atoms with van der Waals surface area (Å²) >= 11 is 0. The highest BCUT2D eigenvalue weighted by atomic mass is 35.5. The van der Waals surface area contributed by atoms with Crippen LogP contribution in [-0.4, -0.2) is 4.98 Å². The Morgan fingerprint density at radius 3 is 2.33 bits per heavy atom. The molecular formula is C15H17Cl3N2O. The topological polar surface area (TPSA) is 52.0 Å². The van der Waals surface area contributed by atoms with E-state index in [9.17, 15) is 0 Å². The largest absolute Gasteiger partial charge is 0.464 e. The molecule has 0 aliphatic heterocycles. The minimum Gasteiger partial charge on any atom is -0.464 e. The van der Waals surface area contributed by atoms with Gasteiger partial charge in [-0.25, -0.2) is 0 Å². The van der Waals surface area contributed by atoms with E-state index in [0.29, 0.717) is 6.54 Å². The molecule has 0 amide bonds. The number of fused-ring (bicyclic) bond motifs is 1. The van der Waals surface area contributed by atoms with Gasteiger partial charge in [-0.1, -0.05) is 6.07 Å². The molecule has 3 nitrogen and oxygen atoms in total. The molecule has 0 spiro atoms. The van der Waals surface area contributed by atoms with Gasteiger partial charge in [0.1, 0.15) is 5.58 Å². The minimum absolute atomic E-state index is 0. The van der Waals surface area contributed by atoms with Gasteiger partial charge in [0.05, 0.1) is 6.26 Å². The summed E-state index contributed by atoms with van der Waals surface area (Å²) in [5, 5.41) is 1.11. The van der Waals surface area contributed by atoms with Crippen molar-refractivity contribution in [3.8, 4) is 0 Å². The molecule has 0 unspecified atom stereocenters. The first kappa shape index (κ1) is 19.7. The Morgan fingerprint density at radius 1 is 0.952 bits per heavy atom. The molecule has 2 N–H and O–H groups in total. The summed E-state index contributed by atoms with van der Waals surface area (Å²) in [4.78, 5) is 4.03. The van der Waals surface area contributed by atoms with Crippen molar-refractivity contribution in [2.45, 2.75) is 13.0 Å². The lowest BCUT2D eigenvalue weighted by Crippen LogP contribution is -1.98. The van der Waals surface area contributed by atoms with E-state index in [4.69, 9.17) is 10.2 Å². The van der Waals surface area contributed by atoms with Crippen molar-refractivity contribution < 1.29 is 4.42 Å². The van der Waals surface area contributed by atoms with E-state index in [2.05, 4.69) is 17.1 Å². The Bertz CT molecular complexity index is 671. The zero-order chi connectivity index (χ0) is 12.4. The fourth-order valence-electron chi connectivity index (χ4n) is 2.21. The van der Waals surface area contributed by atoms with Crippen LogP contribution in [0.4, 0.5) is 0 Å². The van der Waals surface area contributed by atoms with Crippen LogP contribution in [0.2, 0.25) is 0 Å². The summed E-state index contributed by atoms with van der Waals surface area (Å²) in [6.45, 7) is 0.494. The van der Waals surface area contributed by atoms with E-state index in [1.807, 2.05) is 30.6 Å². The summed E-state index contributed by atoms with van der Waals surface area (Å²) in [6.07, 6.45) is 6.22. The molecule has 0 aliphatic rings. The predicted octanol–water partition coefficient (Wildman–Crippen LogP) is 4.14. The number of furan rings is 1. The second-order valence-corrected chi connectivity index (χ2v) is 4.33. The van der Waals surface area contributed by atoms with Crippen molar-refractivity contribution in [2.24, 2.45) is 5.73 Å². The minimum atomic E-state index is 0. The maximum atomic E-state index is 5.77. The second-order valence-electron chi connectivity index (χ2n) is 4.33. The van der Waals surface area contributed by atoms with Crippen molar-refractivity contribution >= 4 is 48.2 Å². The lowest BCUT2D eigenvalue weighted by Gasteiger charge is -2.05. The van der Waals surface area contributed by atoms with E-state index >= 15 is 0 Å². The van der Waals surface area contributed by atoms with Crippen LogP contribution in [0.25, 0.3) is 11.0 Å². The SMILES string of the molecule is Cl.Cl.Cl.NCc1cc(Cc2ccncc2)cc2ccoc12. The van der Waals surface area contributed by atoms with Gasteiger partial charge in [0, 0.05) is 29.9 Å². The number of rotatable bonds is 3. The standard InChI is InChI=1S/C15H14N2O.3ClH/c16-10-14-9-12(7-11-1-4-17-5-2-11)8-13-3-6-18-15(13)14;;;/h1-6,8-9H,7,10,16H2;3*1H. The number of hydrogen-bond acceptors (Lipinski definition) is 3. The Morgan fingerprint density at radius 2 is 1.67 bits per heavy atom. The molecule has 0 saturated carbocycles. The summed E-state index contributed by atoms with van der Waals surface area (Å²) < 4.78 is 5.46. The molecule has 0 fully saturated rings. The molecule has 2 heterocycles. The number of aromatic nitrogens is 1. The van der Waals surface area contributed by atoms with Crippen molar-refractivity contribution in [1.82, 2.24) is 4.98 Å². The summed E-state index contributed by atoms with van der Waals surface area (Å²) in [6, 6.07) is 10.3. The molecule has 3 aromatic rings. The monoisotopic (exact) mass is 346 g/mol. The third-order valence-corrected chi connectivity index (χ3v) is 3.07. The predicted molar refractivity (Wildman–Crippen MR) is 92.9 cm³/mol. The molecule has 0 bridgehead atoms. The Hall–Kier alpha value is -1.26. The number of benzene rings is 1. The number of hydrogen-bond donors (Lipinski definition) is 1. The highest BCUT2D eigenvalue weighted by Gasteiger charge is 2.06. The Kier molecular flexibility index (Phi) is 8.37. The van der Waals surface area contributed by atoms with Crippen molar-refractivity contribution in [1.29, 1.82) is 0 Å². The molecule has 3 rings (SSSR count).